The van der Waals surface area contributed by atoms with Gasteiger partial charge in [0.05, 0.1) is 5.69 Å². The van der Waals surface area contributed by atoms with Crippen molar-refractivity contribution in [2.45, 2.75) is 39.2 Å². The summed E-state index contributed by atoms with van der Waals surface area (Å²) in [5, 5.41) is 2.53. The number of anilines is 1. The summed E-state index contributed by atoms with van der Waals surface area (Å²) in [4.78, 5) is 12.1. The summed E-state index contributed by atoms with van der Waals surface area (Å²) in [5.41, 5.74) is 1.40. The number of nitrogens with one attached hydrogen (secondary N) is 1. The zero-order valence-electron chi connectivity index (χ0n) is 13.9. The predicted molar refractivity (Wildman–Crippen MR) is 90.3 cm³/mol. The fourth-order valence-corrected chi connectivity index (χ4v) is 2.09. The van der Waals surface area contributed by atoms with Gasteiger partial charge in [0.25, 0.3) is 5.91 Å². The summed E-state index contributed by atoms with van der Waals surface area (Å²) in [5.74, 6) is -0.258. The number of para-hydroxylation sites is 1. The van der Waals surface area contributed by atoms with Gasteiger partial charge >= 0.3 is 0 Å². The van der Waals surface area contributed by atoms with Crippen molar-refractivity contribution in [3.8, 4) is 5.75 Å². The monoisotopic (exact) mass is 315 g/mol. The molecule has 3 nitrogen and oxygen atoms in total. The molecule has 0 aromatic heterocycles. The second kappa shape index (κ2) is 6.82. The summed E-state index contributed by atoms with van der Waals surface area (Å²) in [7, 11) is 0. The van der Waals surface area contributed by atoms with Gasteiger partial charge in [-0.1, -0.05) is 45.0 Å². The van der Waals surface area contributed by atoms with Crippen LogP contribution in [0.1, 0.15) is 33.3 Å². The number of hydrogen-bond donors (Lipinski definition) is 1. The lowest BCUT2D eigenvalue weighted by atomic mass is 9.87. The Morgan fingerprint density at radius 1 is 1.09 bits per heavy atom. The van der Waals surface area contributed by atoms with Gasteiger partial charge < -0.3 is 10.1 Å². The number of halogens is 1. The second-order valence-corrected chi connectivity index (χ2v) is 6.50. The van der Waals surface area contributed by atoms with Crippen LogP contribution in [0.15, 0.2) is 48.5 Å². The summed E-state index contributed by atoms with van der Waals surface area (Å²) in [6.45, 7) is 8.03. The Morgan fingerprint density at radius 3 is 2.26 bits per heavy atom. The van der Waals surface area contributed by atoms with Crippen molar-refractivity contribution in [2.24, 2.45) is 0 Å². The molecule has 0 spiro atoms. The van der Waals surface area contributed by atoms with Gasteiger partial charge in [-0.25, -0.2) is 4.39 Å². The third kappa shape index (κ3) is 4.55. The number of ether oxygens (including phenoxy) is 1. The van der Waals surface area contributed by atoms with Crippen molar-refractivity contribution < 1.29 is 13.9 Å². The minimum absolute atomic E-state index is 0.0619. The summed E-state index contributed by atoms with van der Waals surface area (Å²) in [6.07, 6.45) is -0.727. The summed E-state index contributed by atoms with van der Waals surface area (Å²) < 4.78 is 19.2. The average Bonchev–Trinajstić information content (AvgIpc) is 2.49. The third-order valence-electron chi connectivity index (χ3n) is 3.53. The topological polar surface area (TPSA) is 38.3 Å². The Balaban J connectivity index is 2.00. The Hall–Kier alpha value is -2.36. The maximum absolute atomic E-state index is 13.5. The molecule has 0 aliphatic rings. The zero-order valence-corrected chi connectivity index (χ0v) is 13.9. The number of hydrogen-bond acceptors (Lipinski definition) is 2. The van der Waals surface area contributed by atoms with E-state index in [9.17, 15) is 9.18 Å². The fraction of sp³-hybridized carbons (Fsp3) is 0.316. The highest BCUT2D eigenvalue weighted by Crippen LogP contribution is 2.24. The van der Waals surface area contributed by atoms with Gasteiger partial charge in [-0.3, -0.25) is 4.79 Å². The van der Waals surface area contributed by atoms with E-state index in [1.165, 1.54) is 17.7 Å². The first-order valence-corrected chi connectivity index (χ1v) is 7.60. The van der Waals surface area contributed by atoms with E-state index in [1.54, 1.807) is 19.1 Å². The van der Waals surface area contributed by atoms with Crippen LogP contribution in [0.3, 0.4) is 0 Å². The molecule has 0 radical (unpaired) electrons. The number of amides is 1. The van der Waals surface area contributed by atoms with E-state index in [1.807, 2.05) is 24.3 Å². The first-order chi connectivity index (χ1) is 10.8. The number of carbonyl (C=O) groups excluding carboxylic acids is 1. The van der Waals surface area contributed by atoms with E-state index in [0.29, 0.717) is 5.75 Å². The Morgan fingerprint density at radius 2 is 1.70 bits per heavy atom. The molecule has 4 heteroatoms. The lowest BCUT2D eigenvalue weighted by Crippen LogP contribution is -2.30. The normalized spacial score (nSPS) is 12.6. The number of rotatable bonds is 4. The highest BCUT2D eigenvalue weighted by molar-refractivity contribution is 5.94. The van der Waals surface area contributed by atoms with Gasteiger partial charge in [-0.15, -0.1) is 0 Å². The van der Waals surface area contributed by atoms with E-state index < -0.39 is 17.8 Å². The van der Waals surface area contributed by atoms with Crippen LogP contribution in [0.25, 0.3) is 0 Å². The van der Waals surface area contributed by atoms with Crippen LogP contribution in [-0.4, -0.2) is 12.0 Å². The van der Waals surface area contributed by atoms with Crippen molar-refractivity contribution in [3.63, 3.8) is 0 Å². The lowest BCUT2D eigenvalue weighted by Gasteiger charge is -2.20. The average molecular weight is 315 g/mol. The van der Waals surface area contributed by atoms with Gasteiger partial charge in [0, 0.05) is 0 Å². The first kappa shape index (κ1) is 17.0. The molecular weight excluding hydrogens is 293 g/mol. The second-order valence-electron chi connectivity index (χ2n) is 6.50. The van der Waals surface area contributed by atoms with Gasteiger partial charge in [0.2, 0.25) is 0 Å². The van der Waals surface area contributed by atoms with Crippen molar-refractivity contribution >= 4 is 11.6 Å². The van der Waals surface area contributed by atoms with Crippen LogP contribution in [0.2, 0.25) is 0 Å². The molecule has 23 heavy (non-hydrogen) atoms. The molecule has 0 heterocycles. The Kier molecular flexibility index (Phi) is 5.04. The minimum atomic E-state index is -0.727. The van der Waals surface area contributed by atoms with E-state index in [0.717, 1.165) is 0 Å². The largest absolute Gasteiger partial charge is 0.481 e. The maximum atomic E-state index is 13.5. The van der Waals surface area contributed by atoms with Crippen LogP contribution >= 0.6 is 0 Å². The minimum Gasteiger partial charge on any atom is -0.481 e. The lowest BCUT2D eigenvalue weighted by molar-refractivity contribution is -0.122. The van der Waals surface area contributed by atoms with E-state index in [2.05, 4.69) is 26.1 Å². The van der Waals surface area contributed by atoms with E-state index in [-0.39, 0.29) is 11.1 Å². The third-order valence-corrected chi connectivity index (χ3v) is 3.53. The molecule has 0 saturated carbocycles. The molecule has 1 amide bonds. The van der Waals surface area contributed by atoms with Gasteiger partial charge in [-0.2, -0.15) is 0 Å². The Bertz CT molecular complexity index is 675. The summed E-state index contributed by atoms with van der Waals surface area (Å²) in [6, 6.07) is 13.7. The van der Waals surface area contributed by atoms with Crippen LogP contribution in [0, 0.1) is 5.82 Å². The van der Waals surface area contributed by atoms with Gasteiger partial charge in [0.15, 0.2) is 6.10 Å². The fourth-order valence-electron chi connectivity index (χ4n) is 2.09. The van der Waals surface area contributed by atoms with Crippen LogP contribution in [-0.2, 0) is 10.2 Å². The van der Waals surface area contributed by atoms with Crippen molar-refractivity contribution in [1.29, 1.82) is 0 Å². The molecule has 0 aliphatic heterocycles. The molecule has 122 valence electrons. The van der Waals surface area contributed by atoms with Crippen LogP contribution in [0.4, 0.5) is 10.1 Å². The first-order valence-electron chi connectivity index (χ1n) is 7.60. The highest BCUT2D eigenvalue weighted by atomic mass is 19.1. The molecule has 0 aliphatic carbocycles. The van der Waals surface area contributed by atoms with E-state index >= 15 is 0 Å². The van der Waals surface area contributed by atoms with Crippen molar-refractivity contribution in [2.75, 3.05) is 5.32 Å². The molecule has 2 aromatic carbocycles. The van der Waals surface area contributed by atoms with Crippen molar-refractivity contribution in [1.82, 2.24) is 0 Å². The molecule has 2 rings (SSSR count). The molecule has 0 bridgehead atoms. The van der Waals surface area contributed by atoms with Gasteiger partial charge in [0.1, 0.15) is 11.6 Å². The zero-order chi connectivity index (χ0) is 17.0. The highest BCUT2D eigenvalue weighted by Gasteiger charge is 2.17. The Labute approximate surface area is 136 Å². The van der Waals surface area contributed by atoms with E-state index in [4.69, 9.17) is 4.74 Å². The smallest absolute Gasteiger partial charge is 0.265 e. The van der Waals surface area contributed by atoms with Crippen molar-refractivity contribution in [3.05, 3.63) is 59.9 Å². The standard InChI is InChI=1S/C19H22FNO2/c1-13(18(22)21-17-8-6-5-7-16(17)20)23-15-11-9-14(10-12-15)19(2,3)4/h5-13H,1-4H3,(H,21,22)/t13-/m0/s1. The predicted octanol–water partition coefficient (Wildman–Crippen LogP) is 4.53. The molecular formula is C19H22FNO2. The molecule has 0 unspecified atom stereocenters. The molecule has 1 N–H and O–H groups in total. The molecule has 2 aromatic rings. The van der Waals surface area contributed by atoms with Gasteiger partial charge in [-0.05, 0) is 42.2 Å². The van der Waals surface area contributed by atoms with Crippen LogP contribution < -0.4 is 10.1 Å². The molecule has 0 fully saturated rings. The maximum Gasteiger partial charge on any atom is 0.265 e. The van der Waals surface area contributed by atoms with Crippen LogP contribution in [0.5, 0.6) is 5.75 Å². The quantitative estimate of drug-likeness (QED) is 0.900. The molecule has 0 saturated heterocycles. The summed E-state index contributed by atoms with van der Waals surface area (Å²) >= 11 is 0. The SMILES string of the molecule is C[C@H](Oc1ccc(C(C)(C)C)cc1)C(=O)Nc1ccccc1F. The number of benzene rings is 2. The number of carbonyl (C=O) groups is 1. The molecule has 1 atom stereocenters.